The van der Waals surface area contributed by atoms with E-state index in [9.17, 15) is 32.7 Å². The number of para-hydroxylation sites is 1. The second-order valence-corrected chi connectivity index (χ2v) is 9.30. The standard InChI is InChI=1S/C23H28F3IN2O6/c1-14(31)5-4-8-20(32)29(13-23(24,25)26)17-11-15(22(34)28-9-10-30)12-19(21(17)33)35-18-7-3-2-6-16(18)27/h2-3,6-7,12,17,19,21,30,33H,4-5,8-11,13H2,1H3,(H,28,34)/t17-,19+,21+/m1/s1. The van der Waals surface area contributed by atoms with Crippen LogP contribution in [0.4, 0.5) is 13.2 Å². The van der Waals surface area contributed by atoms with E-state index in [1.807, 2.05) is 22.6 Å². The molecular formula is C23H28F3IN2O6. The molecule has 0 aromatic heterocycles. The van der Waals surface area contributed by atoms with Crippen LogP contribution in [0.5, 0.6) is 5.75 Å². The highest BCUT2D eigenvalue weighted by atomic mass is 127. The average molecular weight is 612 g/mol. The monoisotopic (exact) mass is 612 g/mol. The number of ether oxygens (including phenoxy) is 1. The van der Waals surface area contributed by atoms with Crippen molar-refractivity contribution in [2.45, 2.75) is 57.0 Å². The molecule has 0 saturated carbocycles. The summed E-state index contributed by atoms with van der Waals surface area (Å²) in [7, 11) is 0. The van der Waals surface area contributed by atoms with Gasteiger partial charge in [0.2, 0.25) is 11.8 Å². The Morgan fingerprint density at radius 2 is 1.91 bits per heavy atom. The first kappa shape index (κ1) is 29.0. The largest absolute Gasteiger partial charge is 0.482 e. The molecule has 1 aromatic rings. The number of Topliss-reactive ketones (excluding diaryl/α,β-unsaturated/α-hetero) is 1. The number of carbonyl (C=O) groups is 3. The van der Waals surface area contributed by atoms with Gasteiger partial charge in [0, 0.05) is 31.4 Å². The van der Waals surface area contributed by atoms with E-state index in [0.29, 0.717) is 14.2 Å². The van der Waals surface area contributed by atoms with E-state index < -0.39 is 42.8 Å². The number of aliphatic hydroxyl groups is 2. The Balaban J connectivity index is 2.39. The van der Waals surface area contributed by atoms with Gasteiger partial charge in [-0.25, -0.2) is 0 Å². The van der Waals surface area contributed by atoms with Crippen LogP contribution in [0, 0.1) is 3.57 Å². The van der Waals surface area contributed by atoms with E-state index in [1.54, 1.807) is 24.3 Å². The van der Waals surface area contributed by atoms with Gasteiger partial charge >= 0.3 is 6.18 Å². The van der Waals surface area contributed by atoms with E-state index in [0.717, 1.165) is 0 Å². The maximum atomic E-state index is 13.4. The minimum Gasteiger partial charge on any atom is -0.482 e. The number of rotatable bonds is 11. The lowest BCUT2D eigenvalue weighted by Crippen LogP contribution is -2.57. The summed E-state index contributed by atoms with van der Waals surface area (Å²) in [5, 5.41) is 22.5. The number of ketones is 1. The van der Waals surface area contributed by atoms with E-state index in [2.05, 4.69) is 5.32 Å². The molecule has 35 heavy (non-hydrogen) atoms. The molecule has 194 valence electrons. The second-order valence-electron chi connectivity index (χ2n) is 8.14. The number of nitrogens with zero attached hydrogens (tertiary/aromatic N) is 1. The number of halogens is 4. The quantitative estimate of drug-likeness (QED) is 0.331. The van der Waals surface area contributed by atoms with Gasteiger partial charge in [0.1, 0.15) is 30.3 Å². The first-order chi connectivity index (χ1) is 16.4. The van der Waals surface area contributed by atoms with Gasteiger partial charge in [-0.3, -0.25) is 9.59 Å². The van der Waals surface area contributed by atoms with Crippen molar-refractivity contribution in [2.24, 2.45) is 0 Å². The van der Waals surface area contributed by atoms with Gasteiger partial charge in [-0.05, 0) is 54.1 Å². The molecule has 1 aliphatic carbocycles. The number of hydrogen-bond donors (Lipinski definition) is 3. The number of carbonyl (C=O) groups excluding carboxylic acids is 3. The molecule has 0 radical (unpaired) electrons. The van der Waals surface area contributed by atoms with Crippen molar-refractivity contribution < 1.29 is 42.5 Å². The Morgan fingerprint density at radius 3 is 2.51 bits per heavy atom. The molecule has 3 N–H and O–H groups in total. The lowest BCUT2D eigenvalue weighted by atomic mass is 9.88. The van der Waals surface area contributed by atoms with Crippen molar-refractivity contribution in [3.05, 3.63) is 39.5 Å². The summed E-state index contributed by atoms with van der Waals surface area (Å²) in [5.74, 6) is -1.39. The average Bonchev–Trinajstić information content (AvgIpc) is 2.77. The number of aliphatic hydroxyl groups excluding tert-OH is 2. The van der Waals surface area contributed by atoms with Crippen LogP contribution in [0.2, 0.25) is 0 Å². The summed E-state index contributed by atoms with van der Waals surface area (Å²) in [4.78, 5) is 37.1. The van der Waals surface area contributed by atoms with Gasteiger partial charge in [-0.1, -0.05) is 12.1 Å². The molecule has 1 aromatic carbocycles. The Labute approximate surface area is 214 Å². The molecule has 2 amide bonds. The lowest BCUT2D eigenvalue weighted by molar-refractivity contribution is -0.172. The molecule has 0 saturated heterocycles. The SMILES string of the molecule is CC(=O)CCCC(=O)N(CC(F)(F)F)[C@@H]1CC(C(=O)NCCO)=C[C@H](Oc2ccccc2I)[C@H]1O. The number of nitrogens with one attached hydrogen (secondary N) is 1. The fourth-order valence-electron chi connectivity index (χ4n) is 3.68. The normalized spacial score (nSPS) is 20.1. The zero-order valence-corrected chi connectivity index (χ0v) is 21.2. The lowest BCUT2D eigenvalue weighted by Gasteiger charge is -2.40. The number of benzene rings is 1. The van der Waals surface area contributed by atoms with Crippen molar-refractivity contribution in [3.63, 3.8) is 0 Å². The summed E-state index contributed by atoms with van der Waals surface area (Å²) in [6, 6.07) is 5.36. The number of amides is 2. The number of alkyl halides is 3. The molecule has 0 fully saturated rings. The maximum Gasteiger partial charge on any atom is 0.406 e. The molecule has 0 bridgehead atoms. The zero-order chi connectivity index (χ0) is 26.2. The van der Waals surface area contributed by atoms with Crippen molar-refractivity contribution in [2.75, 3.05) is 19.7 Å². The van der Waals surface area contributed by atoms with Crippen molar-refractivity contribution in [1.82, 2.24) is 10.2 Å². The van der Waals surface area contributed by atoms with Gasteiger partial charge in [0.05, 0.1) is 16.2 Å². The van der Waals surface area contributed by atoms with Crippen molar-refractivity contribution >= 4 is 40.2 Å². The van der Waals surface area contributed by atoms with E-state index in [-0.39, 0.29) is 50.2 Å². The van der Waals surface area contributed by atoms with Crippen LogP contribution in [0.3, 0.4) is 0 Å². The topological polar surface area (TPSA) is 116 Å². The summed E-state index contributed by atoms with van der Waals surface area (Å²) in [6.07, 6.45) is -6.81. The third-order valence-corrected chi connectivity index (χ3v) is 6.20. The summed E-state index contributed by atoms with van der Waals surface area (Å²) < 4.78 is 46.8. The first-order valence-electron chi connectivity index (χ1n) is 11.0. The van der Waals surface area contributed by atoms with Gasteiger partial charge in [0.15, 0.2) is 0 Å². The first-order valence-corrected chi connectivity index (χ1v) is 12.1. The molecule has 1 aliphatic rings. The highest BCUT2D eigenvalue weighted by molar-refractivity contribution is 14.1. The fraction of sp³-hybridized carbons (Fsp3) is 0.522. The molecule has 3 atom stereocenters. The molecule has 0 aliphatic heterocycles. The van der Waals surface area contributed by atoms with E-state index in [4.69, 9.17) is 9.84 Å². The highest BCUT2D eigenvalue weighted by Gasteiger charge is 2.44. The molecule has 0 heterocycles. The Kier molecular flexibility index (Phi) is 11.0. The van der Waals surface area contributed by atoms with Crippen LogP contribution in [0.1, 0.15) is 32.6 Å². The molecule has 12 heteroatoms. The van der Waals surface area contributed by atoms with Crippen LogP contribution < -0.4 is 10.1 Å². The smallest absolute Gasteiger partial charge is 0.406 e. The third-order valence-electron chi connectivity index (χ3n) is 5.30. The van der Waals surface area contributed by atoms with Gasteiger partial charge in [-0.2, -0.15) is 13.2 Å². The van der Waals surface area contributed by atoms with Gasteiger partial charge in [0.25, 0.3) is 0 Å². The van der Waals surface area contributed by atoms with Crippen LogP contribution >= 0.6 is 22.6 Å². The van der Waals surface area contributed by atoms with Crippen molar-refractivity contribution in [1.29, 1.82) is 0 Å². The predicted molar refractivity (Wildman–Crippen MR) is 128 cm³/mol. The molecular weight excluding hydrogens is 584 g/mol. The summed E-state index contributed by atoms with van der Waals surface area (Å²) in [6.45, 7) is -0.740. The fourth-order valence-corrected chi connectivity index (χ4v) is 4.20. The van der Waals surface area contributed by atoms with Crippen molar-refractivity contribution in [3.8, 4) is 5.75 Å². The van der Waals surface area contributed by atoms with Crippen LogP contribution in [-0.2, 0) is 14.4 Å². The van der Waals surface area contributed by atoms with E-state index >= 15 is 0 Å². The maximum absolute atomic E-state index is 13.4. The minimum atomic E-state index is -4.76. The summed E-state index contributed by atoms with van der Waals surface area (Å²) in [5.41, 5.74) is 0.0217. The molecule has 0 unspecified atom stereocenters. The van der Waals surface area contributed by atoms with Crippen LogP contribution in [0.25, 0.3) is 0 Å². The Hall–Kier alpha value is -2.19. The highest BCUT2D eigenvalue weighted by Crippen LogP contribution is 2.31. The van der Waals surface area contributed by atoms with Crippen LogP contribution in [-0.4, -0.2) is 76.8 Å². The third kappa shape index (κ3) is 9.08. The number of hydrogen-bond acceptors (Lipinski definition) is 6. The Bertz CT molecular complexity index is 940. The molecule has 8 nitrogen and oxygen atoms in total. The van der Waals surface area contributed by atoms with E-state index in [1.165, 1.54) is 13.0 Å². The summed E-state index contributed by atoms with van der Waals surface area (Å²) >= 11 is 1.99. The van der Waals surface area contributed by atoms with Gasteiger partial charge in [-0.15, -0.1) is 0 Å². The minimum absolute atomic E-state index is 0.0217. The zero-order valence-electron chi connectivity index (χ0n) is 19.1. The van der Waals surface area contributed by atoms with Gasteiger partial charge < -0.3 is 30.0 Å². The molecule has 0 spiro atoms. The molecule has 2 rings (SSSR count). The Morgan fingerprint density at radius 1 is 1.23 bits per heavy atom. The second kappa shape index (κ2) is 13.2. The predicted octanol–water partition coefficient (Wildman–Crippen LogP) is 2.36. The van der Waals surface area contributed by atoms with Crippen LogP contribution in [0.15, 0.2) is 35.9 Å².